The molecule has 0 saturated carbocycles. The second-order valence-electron chi connectivity index (χ2n) is 7.65. The van der Waals surface area contributed by atoms with Crippen LogP contribution in [0.4, 0.5) is 8.78 Å². The largest absolute Gasteiger partial charge is 0.502 e. The molecule has 4 rings (SSSR count). The predicted molar refractivity (Wildman–Crippen MR) is 116 cm³/mol. The highest BCUT2D eigenvalue weighted by atomic mass is 19.1. The van der Waals surface area contributed by atoms with Crippen LogP contribution in [0.15, 0.2) is 65.6 Å². The lowest BCUT2D eigenvalue weighted by Crippen LogP contribution is -2.49. The van der Waals surface area contributed by atoms with Crippen molar-refractivity contribution in [2.24, 2.45) is 0 Å². The van der Waals surface area contributed by atoms with Gasteiger partial charge < -0.3 is 10.0 Å². The lowest BCUT2D eigenvalue weighted by molar-refractivity contribution is 0.0560. The Kier molecular flexibility index (Phi) is 7.35. The molecule has 2 aromatic carbocycles. The molecular formula is C24H25F2N3O3. The van der Waals surface area contributed by atoms with E-state index in [1.54, 1.807) is 35.2 Å². The summed E-state index contributed by atoms with van der Waals surface area (Å²) in [6, 6.07) is 13.8. The third kappa shape index (κ3) is 5.19. The summed E-state index contributed by atoms with van der Waals surface area (Å²) in [6.45, 7) is 4.30. The molecule has 6 nitrogen and oxygen atoms in total. The number of aromatic hydroxyl groups is 1. The summed E-state index contributed by atoms with van der Waals surface area (Å²) in [5.41, 5.74) is 0.132. The van der Waals surface area contributed by atoms with Gasteiger partial charge in [0.1, 0.15) is 11.6 Å². The Hall–Kier alpha value is -3.55. The molecule has 8 heteroatoms. The number of hydrogen-bond donors (Lipinski definition) is 1. The fourth-order valence-electron chi connectivity index (χ4n) is 3.52. The van der Waals surface area contributed by atoms with Crippen molar-refractivity contribution in [2.75, 3.05) is 6.54 Å². The van der Waals surface area contributed by atoms with Crippen molar-refractivity contribution in [3.05, 3.63) is 93.9 Å². The van der Waals surface area contributed by atoms with E-state index in [4.69, 9.17) is 0 Å². The number of amides is 1. The third-order valence-electron chi connectivity index (χ3n) is 5.44. The Morgan fingerprint density at radius 3 is 2.25 bits per heavy atom. The standard InChI is InChI=1S/C18H20FN3O3.C6H5F/c1-3-11(2)21-10-14(8-12-4-6-13(19)7-5-12)22-16(18(21)25)17(24)15(23)9-20-22;7-6-4-2-1-3-5-6/h4-7,9,11,14,24H,3,8,10H2,1-2H3;1-5H/t11-,14?;/m1./s1. The van der Waals surface area contributed by atoms with E-state index < -0.39 is 17.1 Å². The number of aromatic nitrogens is 2. The van der Waals surface area contributed by atoms with Crippen molar-refractivity contribution in [1.29, 1.82) is 0 Å². The highest BCUT2D eigenvalue weighted by Gasteiger charge is 2.36. The summed E-state index contributed by atoms with van der Waals surface area (Å²) in [5.74, 6) is -1.46. The highest BCUT2D eigenvalue weighted by molar-refractivity contribution is 5.95. The van der Waals surface area contributed by atoms with E-state index in [1.807, 2.05) is 13.8 Å². The van der Waals surface area contributed by atoms with Crippen LogP contribution in [0.5, 0.6) is 5.75 Å². The van der Waals surface area contributed by atoms with Gasteiger partial charge in [0, 0.05) is 12.6 Å². The van der Waals surface area contributed by atoms with E-state index in [0.717, 1.165) is 18.2 Å². The first-order chi connectivity index (χ1) is 15.3. The Bertz CT molecular complexity index is 1120. The van der Waals surface area contributed by atoms with Crippen LogP contribution < -0.4 is 5.43 Å². The van der Waals surface area contributed by atoms with Crippen LogP contribution in [0, 0.1) is 11.6 Å². The lowest BCUT2D eigenvalue weighted by Gasteiger charge is -2.38. The third-order valence-corrected chi connectivity index (χ3v) is 5.44. The molecule has 0 radical (unpaired) electrons. The van der Waals surface area contributed by atoms with E-state index in [9.17, 15) is 23.5 Å². The quantitative estimate of drug-likeness (QED) is 0.665. The molecule has 0 bridgehead atoms. The van der Waals surface area contributed by atoms with Crippen LogP contribution in [0.25, 0.3) is 0 Å². The molecule has 1 aliphatic heterocycles. The normalized spacial score (nSPS) is 16.1. The SMILES string of the molecule is CC[C@@H](C)N1CC(Cc2ccc(F)cc2)n2ncc(=O)c(O)c2C1=O.Fc1ccccc1. The minimum absolute atomic E-state index is 0.0355. The first-order valence-electron chi connectivity index (χ1n) is 10.4. The van der Waals surface area contributed by atoms with Gasteiger partial charge in [-0.15, -0.1) is 0 Å². The summed E-state index contributed by atoms with van der Waals surface area (Å²) < 4.78 is 26.5. The van der Waals surface area contributed by atoms with Crippen molar-refractivity contribution in [1.82, 2.24) is 14.7 Å². The molecule has 3 aromatic rings. The zero-order valence-electron chi connectivity index (χ0n) is 17.9. The summed E-state index contributed by atoms with van der Waals surface area (Å²) in [7, 11) is 0. The zero-order chi connectivity index (χ0) is 23.3. The van der Waals surface area contributed by atoms with Crippen LogP contribution in [0.2, 0.25) is 0 Å². The van der Waals surface area contributed by atoms with Crippen molar-refractivity contribution < 1.29 is 18.7 Å². The molecule has 0 saturated heterocycles. The smallest absolute Gasteiger partial charge is 0.276 e. The van der Waals surface area contributed by atoms with Crippen molar-refractivity contribution >= 4 is 5.91 Å². The van der Waals surface area contributed by atoms with Crippen LogP contribution in [0.3, 0.4) is 0 Å². The fourth-order valence-corrected chi connectivity index (χ4v) is 3.52. The first-order valence-corrected chi connectivity index (χ1v) is 10.4. The summed E-state index contributed by atoms with van der Waals surface area (Å²) >= 11 is 0. The minimum atomic E-state index is -0.675. The van der Waals surface area contributed by atoms with Crippen molar-refractivity contribution in [2.45, 2.75) is 38.8 Å². The van der Waals surface area contributed by atoms with Crippen molar-refractivity contribution in [3.8, 4) is 5.75 Å². The zero-order valence-corrected chi connectivity index (χ0v) is 17.9. The van der Waals surface area contributed by atoms with Gasteiger partial charge in [-0.05, 0) is 49.6 Å². The maximum Gasteiger partial charge on any atom is 0.276 e. The van der Waals surface area contributed by atoms with Crippen molar-refractivity contribution in [3.63, 3.8) is 0 Å². The number of carbonyl (C=O) groups excluding carboxylic acids is 1. The van der Waals surface area contributed by atoms with Gasteiger partial charge in [0.2, 0.25) is 5.43 Å². The van der Waals surface area contributed by atoms with E-state index in [0.29, 0.717) is 13.0 Å². The van der Waals surface area contributed by atoms with Gasteiger partial charge in [-0.2, -0.15) is 5.10 Å². The van der Waals surface area contributed by atoms with Crippen LogP contribution in [0.1, 0.15) is 42.4 Å². The number of fused-ring (bicyclic) bond motifs is 1. The predicted octanol–water partition coefficient (Wildman–Crippen LogP) is 3.95. The number of benzene rings is 2. The average Bonchev–Trinajstić information content (AvgIpc) is 2.79. The average molecular weight is 441 g/mol. The molecule has 168 valence electrons. The fraction of sp³-hybridized carbons (Fsp3) is 0.292. The Morgan fingerprint density at radius 2 is 1.69 bits per heavy atom. The molecule has 1 aromatic heterocycles. The van der Waals surface area contributed by atoms with Gasteiger partial charge in [-0.3, -0.25) is 14.3 Å². The summed E-state index contributed by atoms with van der Waals surface area (Å²) in [4.78, 5) is 26.2. The molecule has 1 unspecified atom stereocenters. The molecular weight excluding hydrogens is 416 g/mol. The molecule has 1 amide bonds. The molecule has 32 heavy (non-hydrogen) atoms. The number of rotatable bonds is 4. The van der Waals surface area contributed by atoms with E-state index >= 15 is 0 Å². The van der Waals surface area contributed by atoms with Gasteiger partial charge >= 0.3 is 0 Å². The van der Waals surface area contributed by atoms with E-state index in [1.165, 1.54) is 28.9 Å². The number of carbonyl (C=O) groups is 1. The molecule has 0 spiro atoms. The maximum atomic E-state index is 13.1. The second kappa shape index (κ2) is 10.2. The van der Waals surface area contributed by atoms with Crippen LogP contribution in [-0.4, -0.2) is 38.3 Å². The van der Waals surface area contributed by atoms with Gasteiger partial charge in [0.25, 0.3) is 5.91 Å². The van der Waals surface area contributed by atoms with E-state index in [2.05, 4.69) is 5.10 Å². The number of halogens is 2. The van der Waals surface area contributed by atoms with Gasteiger partial charge in [-0.25, -0.2) is 8.78 Å². The molecule has 0 fully saturated rings. The summed E-state index contributed by atoms with van der Waals surface area (Å²) in [6.07, 6.45) is 2.27. The Labute approximate surface area is 184 Å². The molecule has 0 aliphatic carbocycles. The molecule has 1 N–H and O–H groups in total. The lowest BCUT2D eigenvalue weighted by atomic mass is 10.0. The number of hydrogen-bond acceptors (Lipinski definition) is 4. The monoisotopic (exact) mass is 441 g/mol. The van der Waals surface area contributed by atoms with Crippen LogP contribution >= 0.6 is 0 Å². The Balaban J connectivity index is 0.000000352. The Morgan fingerprint density at radius 1 is 1.06 bits per heavy atom. The van der Waals surface area contributed by atoms with Gasteiger partial charge in [0.15, 0.2) is 11.4 Å². The summed E-state index contributed by atoms with van der Waals surface area (Å²) in [5, 5.41) is 14.2. The van der Waals surface area contributed by atoms with Crippen LogP contribution in [-0.2, 0) is 6.42 Å². The first kappa shape index (κ1) is 23.1. The van der Waals surface area contributed by atoms with Gasteiger partial charge in [-0.1, -0.05) is 37.3 Å². The minimum Gasteiger partial charge on any atom is -0.502 e. The topological polar surface area (TPSA) is 75.4 Å². The number of nitrogens with zero attached hydrogens (tertiary/aromatic N) is 3. The molecule has 2 heterocycles. The maximum absolute atomic E-state index is 13.1. The van der Waals surface area contributed by atoms with Gasteiger partial charge in [0.05, 0.1) is 12.2 Å². The highest BCUT2D eigenvalue weighted by Crippen LogP contribution is 2.28. The second-order valence-corrected chi connectivity index (χ2v) is 7.65. The molecule has 2 atom stereocenters. The molecule has 1 aliphatic rings. The van der Waals surface area contributed by atoms with E-state index in [-0.39, 0.29) is 29.4 Å².